The zero-order valence-electron chi connectivity index (χ0n) is 16.4. The molecule has 0 aliphatic rings. The average molecular weight is 394 g/mol. The fraction of sp³-hybridized carbons (Fsp3) is 0.318. The Bertz CT molecular complexity index is 983. The summed E-state index contributed by atoms with van der Waals surface area (Å²) in [7, 11) is 1.62. The number of hydrogen-bond donors (Lipinski definition) is 4. The van der Waals surface area contributed by atoms with Gasteiger partial charge in [-0.25, -0.2) is 9.78 Å². The Kier molecular flexibility index (Phi) is 6.84. The Labute approximate surface area is 169 Å². The Morgan fingerprint density at radius 1 is 1.10 bits per heavy atom. The maximum absolute atomic E-state index is 11.3. The molecule has 7 heteroatoms. The summed E-state index contributed by atoms with van der Waals surface area (Å²) in [6.07, 6.45) is 4.19. The van der Waals surface area contributed by atoms with Crippen LogP contribution in [0, 0.1) is 0 Å². The highest BCUT2D eigenvalue weighted by Crippen LogP contribution is 2.25. The van der Waals surface area contributed by atoms with E-state index in [1.54, 1.807) is 13.2 Å². The Hall–Kier alpha value is -3.35. The smallest absolute Gasteiger partial charge is 0.405 e. The number of H-pyrrole nitrogens is 1. The van der Waals surface area contributed by atoms with Gasteiger partial charge < -0.3 is 20.7 Å². The van der Waals surface area contributed by atoms with Gasteiger partial charge in [-0.15, -0.1) is 0 Å². The molecule has 4 N–H and O–H groups in total. The molecular weight excluding hydrogens is 368 g/mol. The molecule has 3 aromatic rings. The summed E-state index contributed by atoms with van der Waals surface area (Å²) in [5, 5.41) is 16.6. The van der Waals surface area contributed by atoms with Crippen molar-refractivity contribution in [3.05, 3.63) is 54.5 Å². The second-order valence-corrected chi connectivity index (χ2v) is 7.02. The molecule has 152 valence electrons. The van der Waals surface area contributed by atoms with Gasteiger partial charge in [-0.1, -0.05) is 49.2 Å². The van der Waals surface area contributed by atoms with Gasteiger partial charge in [0.2, 0.25) is 5.91 Å². The number of hydrogen-bond acceptors (Lipinski definition) is 3. The molecule has 0 saturated carbocycles. The molecule has 3 rings (SSSR count). The van der Waals surface area contributed by atoms with Crippen LogP contribution in [0.3, 0.4) is 0 Å². The van der Waals surface area contributed by atoms with Crippen LogP contribution >= 0.6 is 0 Å². The van der Waals surface area contributed by atoms with E-state index in [1.165, 1.54) is 0 Å². The predicted octanol–water partition coefficient (Wildman–Crippen LogP) is 4.24. The average Bonchev–Trinajstić information content (AvgIpc) is 3.22. The number of benzene rings is 2. The molecule has 0 saturated heterocycles. The molecule has 0 bridgehead atoms. The largest absolute Gasteiger partial charge is 0.465 e. The van der Waals surface area contributed by atoms with Gasteiger partial charge in [0, 0.05) is 19.0 Å². The first kappa shape index (κ1) is 20.4. The fourth-order valence-electron chi connectivity index (χ4n) is 3.38. The van der Waals surface area contributed by atoms with Crippen LogP contribution in [0.4, 0.5) is 4.79 Å². The fourth-order valence-corrected chi connectivity index (χ4v) is 3.38. The summed E-state index contributed by atoms with van der Waals surface area (Å²) in [5.74, 6) is 0.623. The van der Waals surface area contributed by atoms with Gasteiger partial charge in [0.1, 0.15) is 5.82 Å². The molecule has 1 heterocycles. The lowest BCUT2D eigenvalue weighted by Gasteiger charge is -2.14. The first-order valence-corrected chi connectivity index (χ1v) is 9.81. The molecule has 29 heavy (non-hydrogen) atoms. The number of carbonyl (C=O) groups excluding carboxylic acids is 1. The number of nitrogens with one attached hydrogen (secondary N) is 3. The Balaban J connectivity index is 1.67. The summed E-state index contributed by atoms with van der Waals surface area (Å²) in [4.78, 5) is 30.2. The van der Waals surface area contributed by atoms with Gasteiger partial charge in [-0.05, 0) is 29.7 Å². The minimum absolute atomic E-state index is 0.0243. The van der Waals surface area contributed by atoms with E-state index in [1.807, 2.05) is 18.2 Å². The number of nitrogens with zero attached hydrogens (tertiary/aromatic N) is 1. The van der Waals surface area contributed by atoms with E-state index in [0.717, 1.165) is 41.3 Å². The van der Waals surface area contributed by atoms with Crippen molar-refractivity contribution in [1.29, 1.82) is 0 Å². The zero-order valence-corrected chi connectivity index (χ0v) is 16.4. The minimum Gasteiger partial charge on any atom is -0.465 e. The van der Waals surface area contributed by atoms with Crippen LogP contribution in [0.2, 0.25) is 0 Å². The normalized spacial score (nSPS) is 11.9. The lowest BCUT2D eigenvalue weighted by atomic mass is 10.1. The van der Waals surface area contributed by atoms with Crippen LogP contribution in [0.1, 0.15) is 44.0 Å². The number of carbonyl (C=O) groups is 2. The molecular formula is C22H26N4O3. The molecule has 0 spiro atoms. The van der Waals surface area contributed by atoms with E-state index in [-0.39, 0.29) is 5.91 Å². The highest BCUT2D eigenvalue weighted by molar-refractivity contribution is 5.86. The van der Waals surface area contributed by atoms with Crippen molar-refractivity contribution in [2.75, 3.05) is 7.05 Å². The molecule has 0 unspecified atom stereocenters. The number of aromatic amines is 1. The van der Waals surface area contributed by atoms with Crippen molar-refractivity contribution >= 4 is 22.8 Å². The third-order valence-corrected chi connectivity index (χ3v) is 4.96. The van der Waals surface area contributed by atoms with Crippen LogP contribution in [0.25, 0.3) is 22.0 Å². The van der Waals surface area contributed by atoms with Crippen molar-refractivity contribution in [3.8, 4) is 11.3 Å². The first-order chi connectivity index (χ1) is 14.1. The SMILES string of the molecule is CNC(=O)CCCCC[C@H](NC(=O)O)c1ncc(-c2ccc3ccccc3c2)[nH]1. The van der Waals surface area contributed by atoms with Crippen LogP contribution in [0.15, 0.2) is 48.7 Å². The number of imidazole rings is 1. The second kappa shape index (κ2) is 9.73. The molecule has 0 aliphatic heterocycles. The Morgan fingerprint density at radius 3 is 2.66 bits per heavy atom. The van der Waals surface area contributed by atoms with E-state index in [4.69, 9.17) is 0 Å². The third kappa shape index (κ3) is 5.57. The van der Waals surface area contributed by atoms with Gasteiger partial charge >= 0.3 is 6.09 Å². The lowest BCUT2D eigenvalue weighted by molar-refractivity contribution is -0.120. The number of aromatic nitrogens is 2. The van der Waals surface area contributed by atoms with Crippen LogP contribution in [0.5, 0.6) is 0 Å². The van der Waals surface area contributed by atoms with Crippen LogP contribution in [-0.2, 0) is 4.79 Å². The minimum atomic E-state index is -1.08. The summed E-state index contributed by atoms with van der Waals surface area (Å²) in [5.41, 5.74) is 1.85. The maximum atomic E-state index is 11.3. The molecule has 0 radical (unpaired) electrons. The number of rotatable bonds is 9. The van der Waals surface area contributed by atoms with Gasteiger partial charge in [-0.3, -0.25) is 4.79 Å². The molecule has 0 aliphatic carbocycles. The van der Waals surface area contributed by atoms with E-state index in [2.05, 4.69) is 44.9 Å². The van der Waals surface area contributed by atoms with E-state index < -0.39 is 12.1 Å². The topological polar surface area (TPSA) is 107 Å². The van der Waals surface area contributed by atoms with Gasteiger partial charge in [0.15, 0.2) is 0 Å². The van der Waals surface area contributed by atoms with Gasteiger partial charge in [0.05, 0.1) is 17.9 Å². The number of fused-ring (bicyclic) bond motifs is 1. The zero-order chi connectivity index (χ0) is 20.6. The van der Waals surface area contributed by atoms with Crippen molar-refractivity contribution in [1.82, 2.24) is 20.6 Å². The highest BCUT2D eigenvalue weighted by Gasteiger charge is 2.18. The predicted molar refractivity (Wildman–Crippen MR) is 113 cm³/mol. The first-order valence-electron chi connectivity index (χ1n) is 9.81. The molecule has 2 aromatic carbocycles. The number of amides is 2. The summed E-state index contributed by atoms with van der Waals surface area (Å²) in [6, 6.07) is 13.9. The second-order valence-electron chi connectivity index (χ2n) is 7.02. The van der Waals surface area contributed by atoms with Crippen molar-refractivity contribution in [2.45, 2.75) is 38.1 Å². The summed E-state index contributed by atoms with van der Waals surface area (Å²) < 4.78 is 0. The third-order valence-electron chi connectivity index (χ3n) is 4.96. The summed E-state index contributed by atoms with van der Waals surface area (Å²) >= 11 is 0. The van der Waals surface area contributed by atoms with E-state index in [0.29, 0.717) is 18.7 Å². The number of unbranched alkanes of at least 4 members (excludes halogenated alkanes) is 2. The molecule has 0 fully saturated rings. The molecule has 1 aromatic heterocycles. The van der Waals surface area contributed by atoms with Crippen LogP contribution < -0.4 is 10.6 Å². The van der Waals surface area contributed by atoms with Crippen molar-refractivity contribution in [3.63, 3.8) is 0 Å². The monoisotopic (exact) mass is 394 g/mol. The standard InChI is InChI=1S/C22H26N4O3/c1-23-20(27)10-4-2-3-9-18(26-22(28)29)21-24-14-19(25-21)17-12-11-15-7-5-6-8-16(15)13-17/h5-8,11-14,18,26H,2-4,9-10H2,1H3,(H,23,27)(H,24,25)(H,28,29)/t18-/m0/s1. The molecule has 7 nitrogen and oxygen atoms in total. The molecule has 2 amide bonds. The summed E-state index contributed by atoms with van der Waals surface area (Å²) in [6.45, 7) is 0. The van der Waals surface area contributed by atoms with E-state index >= 15 is 0 Å². The van der Waals surface area contributed by atoms with Crippen molar-refractivity contribution < 1.29 is 14.7 Å². The quantitative estimate of drug-likeness (QED) is 0.407. The maximum Gasteiger partial charge on any atom is 0.405 e. The molecule has 1 atom stereocenters. The lowest BCUT2D eigenvalue weighted by Crippen LogP contribution is -2.27. The van der Waals surface area contributed by atoms with E-state index in [9.17, 15) is 14.7 Å². The Morgan fingerprint density at radius 2 is 1.90 bits per heavy atom. The van der Waals surface area contributed by atoms with Crippen molar-refractivity contribution in [2.24, 2.45) is 0 Å². The highest BCUT2D eigenvalue weighted by atomic mass is 16.4. The van der Waals surface area contributed by atoms with Gasteiger partial charge in [0.25, 0.3) is 0 Å². The number of carboxylic acid groups (broad SMARTS) is 1. The van der Waals surface area contributed by atoms with Gasteiger partial charge in [-0.2, -0.15) is 0 Å². The van der Waals surface area contributed by atoms with Crippen LogP contribution in [-0.4, -0.2) is 34.1 Å².